The number of carbonyl (C=O) groups excluding carboxylic acids is 1. The van der Waals surface area contributed by atoms with E-state index in [-0.39, 0.29) is 5.91 Å². The maximum Gasteiger partial charge on any atom is 0.251 e. The number of halogens is 1. The lowest BCUT2D eigenvalue weighted by Crippen LogP contribution is -2.25. The number of amides is 1. The van der Waals surface area contributed by atoms with E-state index in [1.54, 1.807) is 11.3 Å². The zero-order chi connectivity index (χ0) is 13.7. The number of anilines is 1. The molecule has 0 aliphatic carbocycles. The number of nitrogens with one attached hydrogen (secondary N) is 2. The average molecular weight is 339 g/mol. The van der Waals surface area contributed by atoms with Crippen molar-refractivity contribution in [2.45, 2.75) is 6.42 Å². The van der Waals surface area contributed by atoms with Crippen molar-refractivity contribution in [3.05, 3.63) is 50.6 Å². The molecule has 19 heavy (non-hydrogen) atoms. The number of carbonyl (C=O) groups is 1. The van der Waals surface area contributed by atoms with E-state index in [1.165, 1.54) is 4.88 Å². The maximum absolute atomic E-state index is 11.9. The average Bonchev–Trinajstić information content (AvgIpc) is 2.84. The molecule has 1 aromatic carbocycles. The molecular formula is C14H15BrN2OS. The normalized spacial score (nSPS) is 10.2. The summed E-state index contributed by atoms with van der Waals surface area (Å²) in [7, 11) is 1.86. The summed E-state index contributed by atoms with van der Waals surface area (Å²) in [6.45, 7) is 0.652. The molecule has 2 aromatic rings. The topological polar surface area (TPSA) is 41.1 Å². The van der Waals surface area contributed by atoms with Crippen LogP contribution in [0.25, 0.3) is 0 Å². The van der Waals surface area contributed by atoms with Gasteiger partial charge in [0, 0.05) is 29.7 Å². The maximum atomic E-state index is 11.9. The second-order valence-electron chi connectivity index (χ2n) is 4.04. The highest BCUT2D eigenvalue weighted by Gasteiger charge is 2.05. The van der Waals surface area contributed by atoms with Gasteiger partial charge in [-0.25, -0.2) is 0 Å². The standard InChI is InChI=1S/C14H15BrN2OS/c1-16-11-4-2-10(3-5-11)14(18)17-9-8-12-6-7-13(15)19-12/h2-7,16H,8-9H2,1H3,(H,17,18). The molecule has 0 aliphatic heterocycles. The van der Waals surface area contributed by atoms with Gasteiger partial charge in [-0.3, -0.25) is 4.79 Å². The number of hydrogen-bond acceptors (Lipinski definition) is 3. The van der Waals surface area contributed by atoms with Gasteiger partial charge in [-0.05, 0) is 58.7 Å². The quantitative estimate of drug-likeness (QED) is 0.875. The molecule has 0 saturated heterocycles. The minimum absolute atomic E-state index is 0.0294. The van der Waals surface area contributed by atoms with Crippen molar-refractivity contribution in [3.8, 4) is 0 Å². The molecule has 2 rings (SSSR count). The Bertz CT molecular complexity index is 551. The molecule has 0 saturated carbocycles. The third-order valence-corrected chi connectivity index (χ3v) is 4.41. The van der Waals surface area contributed by atoms with Crippen LogP contribution in [-0.2, 0) is 6.42 Å². The molecule has 1 heterocycles. The van der Waals surface area contributed by atoms with Crippen molar-refractivity contribution in [2.24, 2.45) is 0 Å². The van der Waals surface area contributed by atoms with Crippen LogP contribution in [0.2, 0.25) is 0 Å². The number of thiophene rings is 1. The van der Waals surface area contributed by atoms with E-state index in [0.29, 0.717) is 12.1 Å². The minimum Gasteiger partial charge on any atom is -0.388 e. The highest BCUT2D eigenvalue weighted by Crippen LogP contribution is 2.22. The fourth-order valence-electron chi connectivity index (χ4n) is 1.68. The first-order valence-corrected chi connectivity index (χ1v) is 7.60. The van der Waals surface area contributed by atoms with E-state index in [2.05, 4.69) is 32.6 Å². The number of benzene rings is 1. The lowest BCUT2D eigenvalue weighted by Gasteiger charge is -2.05. The van der Waals surface area contributed by atoms with Gasteiger partial charge in [-0.15, -0.1) is 11.3 Å². The summed E-state index contributed by atoms with van der Waals surface area (Å²) in [4.78, 5) is 13.2. The Balaban J connectivity index is 1.83. The first-order valence-electron chi connectivity index (χ1n) is 5.99. The molecule has 1 amide bonds. The Morgan fingerprint density at radius 3 is 2.53 bits per heavy atom. The van der Waals surface area contributed by atoms with Crippen LogP contribution in [-0.4, -0.2) is 19.5 Å². The van der Waals surface area contributed by atoms with Crippen molar-refractivity contribution < 1.29 is 4.79 Å². The van der Waals surface area contributed by atoms with E-state index in [1.807, 2.05) is 37.4 Å². The zero-order valence-electron chi connectivity index (χ0n) is 10.6. The monoisotopic (exact) mass is 338 g/mol. The molecule has 5 heteroatoms. The highest BCUT2D eigenvalue weighted by molar-refractivity contribution is 9.11. The minimum atomic E-state index is -0.0294. The first-order chi connectivity index (χ1) is 9.19. The summed E-state index contributed by atoms with van der Waals surface area (Å²) in [5, 5.41) is 5.95. The molecule has 2 N–H and O–H groups in total. The second-order valence-corrected chi connectivity index (χ2v) is 6.59. The summed E-state index contributed by atoms with van der Waals surface area (Å²) in [6, 6.07) is 11.5. The van der Waals surface area contributed by atoms with Crippen LogP contribution in [0.15, 0.2) is 40.2 Å². The lowest BCUT2D eigenvalue weighted by atomic mass is 10.2. The van der Waals surface area contributed by atoms with Gasteiger partial charge in [-0.2, -0.15) is 0 Å². The van der Waals surface area contributed by atoms with Gasteiger partial charge in [0.05, 0.1) is 3.79 Å². The molecule has 0 unspecified atom stereocenters. The molecule has 100 valence electrons. The molecule has 0 fully saturated rings. The third kappa shape index (κ3) is 4.08. The Morgan fingerprint density at radius 2 is 1.95 bits per heavy atom. The summed E-state index contributed by atoms with van der Waals surface area (Å²) in [5.41, 5.74) is 1.69. The van der Waals surface area contributed by atoms with Gasteiger partial charge in [0.25, 0.3) is 5.91 Å². The van der Waals surface area contributed by atoms with Gasteiger partial charge in [0.1, 0.15) is 0 Å². The first kappa shape index (κ1) is 14.1. The van der Waals surface area contributed by atoms with Crippen LogP contribution in [0.5, 0.6) is 0 Å². The Morgan fingerprint density at radius 1 is 1.21 bits per heavy atom. The predicted octanol–water partition coefficient (Wildman–Crippen LogP) is 3.52. The summed E-state index contributed by atoms with van der Waals surface area (Å²) < 4.78 is 1.12. The smallest absolute Gasteiger partial charge is 0.251 e. The van der Waals surface area contributed by atoms with Crippen LogP contribution in [0, 0.1) is 0 Å². The van der Waals surface area contributed by atoms with Crippen molar-refractivity contribution in [3.63, 3.8) is 0 Å². The summed E-state index contributed by atoms with van der Waals surface area (Å²) >= 11 is 5.13. The van der Waals surface area contributed by atoms with Gasteiger partial charge < -0.3 is 10.6 Å². The zero-order valence-corrected chi connectivity index (χ0v) is 13.0. The van der Waals surface area contributed by atoms with Crippen LogP contribution < -0.4 is 10.6 Å². The molecule has 3 nitrogen and oxygen atoms in total. The fraction of sp³-hybridized carbons (Fsp3) is 0.214. The molecule has 0 aliphatic rings. The highest BCUT2D eigenvalue weighted by atomic mass is 79.9. The second kappa shape index (κ2) is 6.73. The van der Waals surface area contributed by atoms with Crippen molar-refractivity contribution >= 4 is 38.9 Å². The third-order valence-electron chi connectivity index (χ3n) is 2.72. The van der Waals surface area contributed by atoms with Crippen molar-refractivity contribution in [1.82, 2.24) is 5.32 Å². The molecule has 0 atom stereocenters. The van der Waals surface area contributed by atoms with E-state index >= 15 is 0 Å². The predicted molar refractivity (Wildman–Crippen MR) is 84.0 cm³/mol. The van der Waals surface area contributed by atoms with Gasteiger partial charge in [-0.1, -0.05) is 0 Å². The van der Waals surface area contributed by atoms with Crippen LogP contribution >= 0.6 is 27.3 Å². The SMILES string of the molecule is CNc1ccc(C(=O)NCCc2ccc(Br)s2)cc1. The van der Waals surface area contributed by atoms with Crippen LogP contribution in [0.4, 0.5) is 5.69 Å². The molecule has 0 radical (unpaired) electrons. The van der Waals surface area contributed by atoms with E-state index in [4.69, 9.17) is 0 Å². The molecule has 0 bridgehead atoms. The van der Waals surface area contributed by atoms with Gasteiger partial charge >= 0.3 is 0 Å². The van der Waals surface area contributed by atoms with Gasteiger partial charge in [0.15, 0.2) is 0 Å². The molecular weight excluding hydrogens is 324 g/mol. The van der Waals surface area contributed by atoms with Crippen LogP contribution in [0.1, 0.15) is 15.2 Å². The molecule has 0 spiro atoms. The lowest BCUT2D eigenvalue weighted by molar-refractivity contribution is 0.0954. The van der Waals surface area contributed by atoms with E-state index in [9.17, 15) is 4.79 Å². The van der Waals surface area contributed by atoms with E-state index in [0.717, 1.165) is 15.9 Å². The fourth-order valence-corrected chi connectivity index (χ4v) is 3.16. The Hall–Kier alpha value is -1.33. The summed E-state index contributed by atoms with van der Waals surface area (Å²) in [6.07, 6.45) is 0.858. The molecule has 1 aromatic heterocycles. The Kier molecular flexibility index (Phi) is 4.99. The van der Waals surface area contributed by atoms with Crippen LogP contribution in [0.3, 0.4) is 0 Å². The number of rotatable bonds is 5. The number of hydrogen-bond donors (Lipinski definition) is 2. The Labute approximate surface area is 125 Å². The van der Waals surface area contributed by atoms with Crippen molar-refractivity contribution in [1.29, 1.82) is 0 Å². The van der Waals surface area contributed by atoms with E-state index < -0.39 is 0 Å². The van der Waals surface area contributed by atoms with Gasteiger partial charge in [0.2, 0.25) is 0 Å². The van der Waals surface area contributed by atoms with Crippen molar-refractivity contribution in [2.75, 3.05) is 18.9 Å². The largest absolute Gasteiger partial charge is 0.388 e. The summed E-state index contributed by atoms with van der Waals surface area (Å²) in [5.74, 6) is -0.0294.